The number of phenolic OH excluding ortho intramolecular Hbond substituents is 1. The van der Waals surface area contributed by atoms with E-state index < -0.39 is 11.7 Å². The normalized spacial score (nSPS) is 10.4. The number of anilines is 1. The molecule has 1 amide bonds. The standard InChI is InChI=1S/C16H17FN2O2/c17-12-7-8-15(20)14(11-12)16(21)19(10-4-9-18)13-5-2-1-3-6-13/h1-3,5-8,11,20H,4,9-10,18H2. The van der Waals surface area contributed by atoms with Gasteiger partial charge in [0.05, 0.1) is 5.56 Å². The molecule has 2 aromatic carbocycles. The molecule has 0 radical (unpaired) electrons. The Kier molecular flexibility index (Phi) is 4.90. The number of phenols is 1. The van der Waals surface area contributed by atoms with Gasteiger partial charge in [-0.25, -0.2) is 4.39 Å². The van der Waals surface area contributed by atoms with E-state index in [2.05, 4.69) is 0 Å². The molecule has 0 saturated heterocycles. The fourth-order valence-corrected chi connectivity index (χ4v) is 2.03. The van der Waals surface area contributed by atoms with Gasteiger partial charge in [0.15, 0.2) is 0 Å². The lowest BCUT2D eigenvalue weighted by atomic mass is 10.1. The molecule has 4 nitrogen and oxygen atoms in total. The number of halogens is 1. The Balaban J connectivity index is 2.36. The first kappa shape index (κ1) is 15.0. The van der Waals surface area contributed by atoms with Crippen LogP contribution < -0.4 is 10.6 Å². The lowest BCUT2D eigenvalue weighted by Crippen LogP contribution is -2.33. The smallest absolute Gasteiger partial charge is 0.262 e. The molecule has 0 aliphatic carbocycles. The first-order valence-electron chi connectivity index (χ1n) is 6.69. The van der Waals surface area contributed by atoms with Gasteiger partial charge in [-0.05, 0) is 43.3 Å². The summed E-state index contributed by atoms with van der Waals surface area (Å²) in [4.78, 5) is 14.1. The fraction of sp³-hybridized carbons (Fsp3) is 0.188. The summed E-state index contributed by atoms with van der Waals surface area (Å²) in [6.45, 7) is 0.834. The predicted molar refractivity (Wildman–Crippen MR) is 79.9 cm³/mol. The molecule has 0 unspecified atom stereocenters. The van der Waals surface area contributed by atoms with Crippen LogP contribution in [-0.4, -0.2) is 24.1 Å². The van der Waals surface area contributed by atoms with Crippen molar-refractivity contribution in [3.05, 3.63) is 59.9 Å². The van der Waals surface area contributed by atoms with Crippen LogP contribution in [0, 0.1) is 5.82 Å². The number of carbonyl (C=O) groups excluding carboxylic acids is 1. The Morgan fingerprint density at radius 2 is 1.90 bits per heavy atom. The van der Waals surface area contributed by atoms with Crippen LogP contribution in [0.4, 0.5) is 10.1 Å². The number of aromatic hydroxyl groups is 1. The number of nitrogens with two attached hydrogens (primary N) is 1. The predicted octanol–water partition coefficient (Wildman–Crippen LogP) is 2.53. The van der Waals surface area contributed by atoms with Crippen molar-refractivity contribution in [2.75, 3.05) is 18.0 Å². The summed E-state index contributed by atoms with van der Waals surface area (Å²) in [6.07, 6.45) is 0.608. The zero-order valence-electron chi connectivity index (χ0n) is 11.5. The molecule has 0 aliphatic rings. The van der Waals surface area contributed by atoms with Gasteiger partial charge in [-0.1, -0.05) is 18.2 Å². The van der Waals surface area contributed by atoms with Crippen molar-refractivity contribution in [3.63, 3.8) is 0 Å². The maximum absolute atomic E-state index is 13.3. The first-order chi connectivity index (χ1) is 10.1. The highest BCUT2D eigenvalue weighted by Gasteiger charge is 2.20. The van der Waals surface area contributed by atoms with Gasteiger partial charge in [0, 0.05) is 12.2 Å². The van der Waals surface area contributed by atoms with E-state index in [1.165, 1.54) is 11.0 Å². The molecule has 0 aromatic heterocycles. The first-order valence-corrected chi connectivity index (χ1v) is 6.69. The average molecular weight is 288 g/mol. The highest BCUT2D eigenvalue weighted by Crippen LogP contribution is 2.23. The molecule has 2 rings (SSSR count). The van der Waals surface area contributed by atoms with Crippen molar-refractivity contribution in [2.24, 2.45) is 5.73 Å². The third-order valence-corrected chi connectivity index (χ3v) is 3.09. The van der Waals surface area contributed by atoms with Crippen LogP contribution in [0.1, 0.15) is 16.8 Å². The highest BCUT2D eigenvalue weighted by molar-refractivity contribution is 6.07. The van der Waals surface area contributed by atoms with E-state index in [0.29, 0.717) is 25.2 Å². The summed E-state index contributed by atoms with van der Waals surface area (Å²) in [5, 5.41) is 9.79. The van der Waals surface area contributed by atoms with Crippen LogP contribution in [0.25, 0.3) is 0 Å². The van der Waals surface area contributed by atoms with Gasteiger partial charge in [0.25, 0.3) is 5.91 Å². The van der Waals surface area contributed by atoms with Crippen LogP contribution in [0.2, 0.25) is 0 Å². The second-order valence-corrected chi connectivity index (χ2v) is 4.60. The number of benzene rings is 2. The molecule has 21 heavy (non-hydrogen) atoms. The van der Waals surface area contributed by atoms with Crippen molar-refractivity contribution in [1.29, 1.82) is 0 Å². The second kappa shape index (κ2) is 6.85. The van der Waals surface area contributed by atoms with Gasteiger partial charge in [0.1, 0.15) is 11.6 Å². The third-order valence-electron chi connectivity index (χ3n) is 3.09. The maximum Gasteiger partial charge on any atom is 0.262 e. The van der Waals surface area contributed by atoms with Crippen LogP contribution >= 0.6 is 0 Å². The fourth-order valence-electron chi connectivity index (χ4n) is 2.03. The van der Waals surface area contributed by atoms with Gasteiger partial charge in [-0.2, -0.15) is 0 Å². The molecule has 5 heteroatoms. The Bertz CT molecular complexity index is 617. The van der Waals surface area contributed by atoms with Crippen molar-refractivity contribution in [3.8, 4) is 5.75 Å². The van der Waals surface area contributed by atoms with Gasteiger partial charge in [0.2, 0.25) is 0 Å². The summed E-state index contributed by atoms with van der Waals surface area (Å²) < 4.78 is 13.3. The molecule has 0 fully saturated rings. The van der Waals surface area contributed by atoms with Gasteiger partial charge >= 0.3 is 0 Å². The highest BCUT2D eigenvalue weighted by atomic mass is 19.1. The Morgan fingerprint density at radius 1 is 1.19 bits per heavy atom. The van der Waals surface area contributed by atoms with Crippen molar-refractivity contribution >= 4 is 11.6 Å². The number of hydrogen-bond acceptors (Lipinski definition) is 3. The second-order valence-electron chi connectivity index (χ2n) is 4.60. The summed E-state index contributed by atoms with van der Waals surface area (Å²) >= 11 is 0. The van der Waals surface area contributed by atoms with E-state index in [0.717, 1.165) is 12.1 Å². The minimum Gasteiger partial charge on any atom is -0.507 e. The number of rotatable bonds is 5. The lowest BCUT2D eigenvalue weighted by molar-refractivity contribution is 0.0983. The van der Waals surface area contributed by atoms with Crippen LogP contribution in [0.5, 0.6) is 5.75 Å². The van der Waals surface area contributed by atoms with Crippen molar-refractivity contribution in [1.82, 2.24) is 0 Å². The molecule has 110 valence electrons. The monoisotopic (exact) mass is 288 g/mol. The lowest BCUT2D eigenvalue weighted by Gasteiger charge is -2.23. The minimum atomic E-state index is -0.567. The van der Waals surface area contributed by atoms with Crippen LogP contribution in [0.3, 0.4) is 0 Å². The van der Waals surface area contributed by atoms with E-state index in [1.54, 1.807) is 12.1 Å². The zero-order chi connectivity index (χ0) is 15.2. The molecule has 2 aromatic rings. The summed E-state index contributed by atoms with van der Waals surface area (Å²) in [5.74, 6) is -1.26. The average Bonchev–Trinajstić information content (AvgIpc) is 2.51. The van der Waals surface area contributed by atoms with Gasteiger partial charge in [-0.3, -0.25) is 4.79 Å². The number of para-hydroxylation sites is 1. The largest absolute Gasteiger partial charge is 0.507 e. The van der Waals surface area contributed by atoms with E-state index in [9.17, 15) is 14.3 Å². The third kappa shape index (κ3) is 3.58. The molecule has 0 heterocycles. The Labute approximate surface area is 122 Å². The molecule has 0 saturated carbocycles. The maximum atomic E-state index is 13.3. The SMILES string of the molecule is NCCCN(C(=O)c1cc(F)ccc1O)c1ccccc1. The van der Waals surface area contributed by atoms with Crippen molar-refractivity contribution < 1.29 is 14.3 Å². The number of carbonyl (C=O) groups is 1. The summed E-state index contributed by atoms with van der Waals surface area (Å²) in [7, 11) is 0. The summed E-state index contributed by atoms with van der Waals surface area (Å²) in [6, 6.07) is 12.3. The quantitative estimate of drug-likeness (QED) is 0.888. The van der Waals surface area contributed by atoms with E-state index >= 15 is 0 Å². The number of nitrogens with zero attached hydrogens (tertiary/aromatic N) is 1. The minimum absolute atomic E-state index is 0.0594. The van der Waals surface area contributed by atoms with E-state index in [-0.39, 0.29) is 11.3 Å². The molecule has 0 spiro atoms. The zero-order valence-corrected chi connectivity index (χ0v) is 11.5. The molecule has 0 bridgehead atoms. The molecule has 3 N–H and O–H groups in total. The van der Waals surface area contributed by atoms with Crippen molar-refractivity contribution in [2.45, 2.75) is 6.42 Å². The molecular formula is C16H17FN2O2. The summed E-state index contributed by atoms with van der Waals surface area (Å²) in [5.41, 5.74) is 6.12. The molecule has 0 atom stereocenters. The van der Waals surface area contributed by atoms with E-state index in [4.69, 9.17) is 5.73 Å². The van der Waals surface area contributed by atoms with Crippen LogP contribution in [0.15, 0.2) is 48.5 Å². The number of amides is 1. The van der Waals surface area contributed by atoms with E-state index in [1.807, 2.05) is 18.2 Å². The van der Waals surface area contributed by atoms with Crippen LogP contribution in [-0.2, 0) is 0 Å². The van der Waals surface area contributed by atoms with Gasteiger partial charge < -0.3 is 15.7 Å². The number of hydrogen-bond donors (Lipinski definition) is 2. The molecule has 0 aliphatic heterocycles. The Morgan fingerprint density at radius 3 is 2.57 bits per heavy atom. The van der Waals surface area contributed by atoms with Gasteiger partial charge in [-0.15, -0.1) is 0 Å². The Hall–Kier alpha value is -2.40. The topological polar surface area (TPSA) is 66.6 Å². The molecular weight excluding hydrogens is 271 g/mol.